The Morgan fingerprint density at radius 1 is 1.31 bits per heavy atom. The molecule has 2 rings (SSSR count). The van der Waals surface area contributed by atoms with Gasteiger partial charge in [0.15, 0.2) is 0 Å². The summed E-state index contributed by atoms with van der Waals surface area (Å²) in [5.41, 5.74) is 7.71. The van der Waals surface area contributed by atoms with Gasteiger partial charge in [-0.25, -0.2) is 0 Å². The Labute approximate surface area is 76.2 Å². The van der Waals surface area contributed by atoms with E-state index in [0.29, 0.717) is 24.9 Å². The third-order valence-electron chi connectivity index (χ3n) is 2.45. The molecular weight excluding hydrogens is 166 g/mol. The van der Waals surface area contributed by atoms with Crippen LogP contribution in [0.5, 0.6) is 5.75 Å². The highest BCUT2D eigenvalue weighted by Crippen LogP contribution is 2.32. The molecule has 0 amide bonds. The number of aromatic hydroxyl groups is 1. The van der Waals surface area contributed by atoms with Crippen LogP contribution >= 0.6 is 0 Å². The molecule has 1 aliphatic rings. The van der Waals surface area contributed by atoms with E-state index in [0.717, 1.165) is 11.1 Å². The zero-order chi connectivity index (χ0) is 9.42. The van der Waals surface area contributed by atoms with Crippen molar-refractivity contribution in [1.29, 1.82) is 0 Å². The molecule has 0 saturated carbocycles. The second-order valence-corrected chi connectivity index (χ2v) is 3.36. The molecular formula is C10H11NO2. The summed E-state index contributed by atoms with van der Waals surface area (Å²) >= 11 is 0. The van der Waals surface area contributed by atoms with Gasteiger partial charge >= 0.3 is 0 Å². The number of hydrogen-bond donors (Lipinski definition) is 2. The summed E-state index contributed by atoms with van der Waals surface area (Å²) in [4.78, 5) is 11.1. The van der Waals surface area contributed by atoms with E-state index in [1.54, 1.807) is 6.07 Å². The Balaban J connectivity index is 2.53. The van der Waals surface area contributed by atoms with E-state index >= 15 is 0 Å². The van der Waals surface area contributed by atoms with Crippen LogP contribution in [0.25, 0.3) is 0 Å². The summed E-state index contributed by atoms with van der Waals surface area (Å²) in [6.07, 6.45) is 1.57. The fourth-order valence-electron chi connectivity index (χ4n) is 1.71. The molecule has 0 fully saturated rings. The zero-order valence-corrected chi connectivity index (χ0v) is 7.21. The Morgan fingerprint density at radius 2 is 2.08 bits per heavy atom. The van der Waals surface area contributed by atoms with Gasteiger partial charge in [0, 0.05) is 18.4 Å². The largest absolute Gasteiger partial charge is 0.505 e. The summed E-state index contributed by atoms with van der Waals surface area (Å²) in [5, 5.41) is 9.59. The maximum absolute atomic E-state index is 11.1. The average molecular weight is 177 g/mol. The molecule has 0 aromatic heterocycles. The van der Waals surface area contributed by atoms with Crippen LogP contribution in [0.3, 0.4) is 0 Å². The quantitative estimate of drug-likeness (QED) is 0.459. The highest BCUT2D eigenvalue weighted by atomic mass is 16.3. The lowest BCUT2D eigenvalue weighted by molar-refractivity contribution is -0.118. The monoisotopic (exact) mass is 177 g/mol. The molecule has 13 heavy (non-hydrogen) atoms. The summed E-state index contributed by atoms with van der Waals surface area (Å²) in [7, 11) is 0. The Kier molecular flexibility index (Phi) is 1.72. The highest BCUT2D eigenvalue weighted by molar-refractivity contribution is 5.84. The molecule has 3 heteroatoms. The third-order valence-corrected chi connectivity index (χ3v) is 2.45. The van der Waals surface area contributed by atoms with Crippen LogP contribution < -0.4 is 5.73 Å². The Morgan fingerprint density at radius 3 is 2.85 bits per heavy atom. The molecule has 0 atom stereocenters. The lowest BCUT2D eigenvalue weighted by atomic mass is 9.90. The predicted molar refractivity (Wildman–Crippen MR) is 49.6 cm³/mol. The molecule has 0 aliphatic heterocycles. The number of fused-ring (bicyclic) bond motifs is 1. The van der Waals surface area contributed by atoms with E-state index in [2.05, 4.69) is 0 Å². The topological polar surface area (TPSA) is 63.3 Å². The van der Waals surface area contributed by atoms with Crippen molar-refractivity contribution >= 4 is 11.5 Å². The van der Waals surface area contributed by atoms with Crippen LogP contribution in [0.1, 0.15) is 17.5 Å². The molecule has 3 N–H and O–H groups in total. The lowest BCUT2D eigenvalue weighted by Gasteiger charge is -2.16. The number of carbonyl (C=O) groups excluding carboxylic acids is 1. The van der Waals surface area contributed by atoms with Crippen LogP contribution in [0.2, 0.25) is 0 Å². The van der Waals surface area contributed by atoms with Gasteiger partial charge in [0.2, 0.25) is 0 Å². The van der Waals surface area contributed by atoms with E-state index in [-0.39, 0.29) is 11.5 Å². The molecule has 0 spiro atoms. The molecule has 1 aromatic rings. The molecule has 0 unspecified atom stereocenters. The normalized spacial score (nSPS) is 15.5. The van der Waals surface area contributed by atoms with Crippen LogP contribution in [0.4, 0.5) is 5.69 Å². The first-order valence-corrected chi connectivity index (χ1v) is 4.29. The van der Waals surface area contributed by atoms with Gasteiger partial charge in [-0.2, -0.15) is 0 Å². The SMILES string of the molecule is Nc1ccc2c(c1O)CCC(=O)C2. The second-order valence-electron chi connectivity index (χ2n) is 3.36. The maximum Gasteiger partial charge on any atom is 0.141 e. The molecule has 68 valence electrons. The molecule has 3 nitrogen and oxygen atoms in total. The van der Waals surface area contributed by atoms with Gasteiger partial charge in [-0.3, -0.25) is 4.79 Å². The van der Waals surface area contributed by atoms with Crippen LogP contribution in [-0.4, -0.2) is 10.9 Å². The van der Waals surface area contributed by atoms with E-state index < -0.39 is 0 Å². The first-order valence-electron chi connectivity index (χ1n) is 4.29. The number of phenols is 1. The molecule has 1 aliphatic carbocycles. The minimum Gasteiger partial charge on any atom is -0.505 e. The van der Waals surface area contributed by atoms with Crippen LogP contribution in [0, 0.1) is 0 Å². The summed E-state index contributed by atoms with van der Waals surface area (Å²) in [6.45, 7) is 0. The number of anilines is 1. The fourth-order valence-corrected chi connectivity index (χ4v) is 1.71. The third kappa shape index (κ3) is 1.26. The van der Waals surface area contributed by atoms with Gasteiger partial charge < -0.3 is 10.8 Å². The van der Waals surface area contributed by atoms with Gasteiger partial charge in [-0.1, -0.05) is 6.07 Å². The van der Waals surface area contributed by atoms with Crippen molar-refractivity contribution in [3.8, 4) is 5.75 Å². The number of carbonyl (C=O) groups is 1. The molecule has 1 aromatic carbocycles. The lowest BCUT2D eigenvalue weighted by Crippen LogP contribution is -2.13. The van der Waals surface area contributed by atoms with Crippen LogP contribution in [0.15, 0.2) is 12.1 Å². The van der Waals surface area contributed by atoms with Gasteiger partial charge in [-0.05, 0) is 18.1 Å². The van der Waals surface area contributed by atoms with Crippen molar-refractivity contribution < 1.29 is 9.90 Å². The van der Waals surface area contributed by atoms with Gasteiger partial charge in [0.05, 0.1) is 5.69 Å². The highest BCUT2D eigenvalue weighted by Gasteiger charge is 2.19. The average Bonchev–Trinajstić information content (AvgIpc) is 2.12. The predicted octanol–water partition coefficient (Wildman–Crippen LogP) is 1.03. The van der Waals surface area contributed by atoms with Crippen molar-refractivity contribution in [2.75, 3.05) is 5.73 Å². The Hall–Kier alpha value is -1.51. The van der Waals surface area contributed by atoms with Crippen molar-refractivity contribution in [3.05, 3.63) is 23.3 Å². The van der Waals surface area contributed by atoms with E-state index in [4.69, 9.17) is 5.73 Å². The first-order chi connectivity index (χ1) is 6.18. The molecule has 0 radical (unpaired) electrons. The Bertz CT molecular complexity index is 371. The number of nitrogens with two attached hydrogens (primary N) is 1. The number of nitrogen functional groups attached to an aromatic ring is 1. The van der Waals surface area contributed by atoms with Crippen molar-refractivity contribution in [1.82, 2.24) is 0 Å². The molecule has 0 bridgehead atoms. The summed E-state index contributed by atoms with van der Waals surface area (Å²) in [5.74, 6) is 0.390. The fraction of sp³-hybridized carbons (Fsp3) is 0.300. The number of benzene rings is 1. The number of Topliss-reactive ketones (excluding diaryl/α,β-unsaturated/α-hetero) is 1. The number of ketones is 1. The van der Waals surface area contributed by atoms with Crippen molar-refractivity contribution in [2.45, 2.75) is 19.3 Å². The number of hydrogen-bond acceptors (Lipinski definition) is 3. The van der Waals surface area contributed by atoms with E-state index in [9.17, 15) is 9.90 Å². The first kappa shape index (κ1) is 8.10. The number of rotatable bonds is 0. The van der Waals surface area contributed by atoms with Gasteiger partial charge in [0.25, 0.3) is 0 Å². The standard InChI is InChI=1S/C10H11NO2/c11-9-4-1-6-5-7(12)2-3-8(6)10(9)13/h1,4,13H,2-3,5,11H2. The van der Waals surface area contributed by atoms with Crippen molar-refractivity contribution in [3.63, 3.8) is 0 Å². The van der Waals surface area contributed by atoms with Crippen LogP contribution in [-0.2, 0) is 17.6 Å². The minimum atomic E-state index is 0.157. The summed E-state index contributed by atoms with van der Waals surface area (Å²) in [6, 6.07) is 3.47. The van der Waals surface area contributed by atoms with Gasteiger partial charge in [-0.15, -0.1) is 0 Å². The smallest absolute Gasteiger partial charge is 0.141 e. The molecule has 0 heterocycles. The van der Waals surface area contributed by atoms with E-state index in [1.807, 2.05) is 6.07 Å². The van der Waals surface area contributed by atoms with Gasteiger partial charge in [0.1, 0.15) is 11.5 Å². The minimum absolute atomic E-state index is 0.157. The van der Waals surface area contributed by atoms with Crippen molar-refractivity contribution in [2.24, 2.45) is 0 Å². The zero-order valence-electron chi connectivity index (χ0n) is 7.21. The maximum atomic E-state index is 11.1. The summed E-state index contributed by atoms with van der Waals surface area (Å²) < 4.78 is 0. The molecule has 0 saturated heterocycles. The second kappa shape index (κ2) is 2.76. The number of phenolic OH excluding ortho intramolecular Hbond substituents is 1. The van der Waals surface area contributed by atoms with E-state index in [1.165, 1.54) is 0 Å².